The second-order valence-electron chi connectivity index (χ2n) is 20.0. The van der Waals surface area contributed by atoms with Crippen molar-refractivity contribution in [2.75, 3.05) is 16.3 Å². The van der Waals surface area contributed by atoms with Crippen molar-refractivity contribution in [3.05, 3.63) is 255 Å². The molecule has 2 heterocycles. The molecular formula is C66H50N2. The second-order valence-corrected chi connectivity index (χ2v) is 20.0. The molecule has 9 aromatic rings. The first-order valence-electron chi connectivity index (χ1n) is 24.4. The van der Waals surface area contributed by atoms with Crippen molar-refractivity contribution in [1.29, 1.82) is 0 Å². The highest BCUT2D eigenvalue weighted by Gasteiger charge is 2.52. The molecule has 2 nitrogen and oxygen atoms in total. The van der Waals surface area contributed by atoms with Gasteiger partial charge in [-0.15, -0.1) is 0 Å². The number of hydrogen-bond donors (Lipinski definition) is 0. The van der Waals surface area contributed by atoms with Crippen molar-refractivity contribution in [1.82, 2.24) is 0 Å². The van der Waals surface area contributed by atoms with Crippen LogP contribution in [0.15, 0.2) is 188 Å². The van der Waals surface area contributed by atoms with Crippen molar-refractivity contribution in [3.8, 4) is 33.4 Å². The average Bonchev–Trinajstić information content (AvgIpc) is 3.87. The summed E-state index contributed by atoms with van der Waals surface area (Å²) in [5.41, 5.74) is 29.2. The SMILES string of the molecule is Cc1ccc2c(c1)N(c1ccc3c(c1)C1(c4ccccc4-c4ccccc41)c1cc(C=Cc4ccc5c(c4)C(C)(C)c4cc(N6CCCc7ccccc76)ccc4-5)ccc1-3)c1ccccc1C=C2. The molecule has 3 aliphatic carbocycles. The van der Waals surface area contributed by atoms with Crippen LogP contribution in [0.4, 0.5) is 28.4 Å². The lowest BCUT2D eigenvalue weighted by Gasteiger charge is -2.32. The summed E-state index contributed by atoms with van der Waals surface area (Å²) in [6.45, 7) is 8.05. The van der Waals surface area contributed by atoms with E-state index in [1.165, 1.54) is 129 Å². The Hall–Kier alpha value is -7.94. The van der Waals surface area contributed by atoms with Crippen molar-refractivity contribution < 1.29 is 0 Å². The van der Waals surface area contributed by atoms with Crippen LogP contribution < -0.4 is 9.80 Å². The third kappa shape index (κ3) is 5.52. The molecule has 0 bridgehead atoms. The monoisotopic (exact) mass is 870 g/mol. The summed E-state index contributed by atoms with van der Waals surface area (Å²) in [7, 11) is 0. The number of benzene rings is 9. The van der Waals surface area contributed by atoms with E-state index in [1.54, 1.807) is 0 Å². The van der Waals surface area contributed by atoms with Crippen LogP contribution in [0, 0.1) is 6.92 Å². The van der Waals surface area contributed by atoms with Gasteiger partial charge in [0.15, 0.2) is 0 Å². The van der Waals surface area contributed by atoms with Crippen LogP contribution >= 0.6 is 0 Å². The molecule has 2 aliphatic heterocycles. The summed E-state index contributed by atoms with van der Waals surface area (Å²) in [4.78, 5) is 5.01. The maximum absolute atomic E-state index is 2.53. The summed E-state index contributed by atoms with van der Waals surface area (Å²) in [6.07, 6.45) is 11.5. The maximum Gasteiger partial charge on any atom is 0.0726 e. The van der Waals surface area contributed by atoms with Crippen LogP contribution in [0.2, 0.25) is 0 Å². The number of aryl methyl sites for hydroxylation is 2. The zero-order valence-corrected chi connectivity index (χ0v) is 38.7. The van der Waals surface area contributed by atoms with E-state index in [4.69, 9.17) is 0 Å². The molecule has 0 N–H and O–H groups in total. The standard InChI is InChI=1S/C66H50N2/c1-42-22-27-47-29-28-46-14-5-11-21-63(46)68(64(47)37-42)49-31-35-55-54-33-26-44(39-60(54)66(61(55)41-49)56-18-8-6-16-50(56)51-17-7-9-19-57(51)66)24-23-43-25-32-52-53-34-30-48(40-59(53)65(2,3)58(52)38-43)67-36-12-15-45-13-4-10-20-62(45)67/h4-11,13-14,16-35,37-41H,12,15,36H2,1-3H3. The summed E-state index contributed by atoms with van der Waals surface area (Å²) in [6, 6.07) is 71.5. The molecule has 5 aliphatic rings. The molecule has 0 atom stereocenters. The van der Waals surface area contributed by atoms with Gasteiger partial charge in [0, 0.05) is 29.0 Å². The molecule has 0 fully saturated rings. The lowest BCUT2D eigenvalue weighted by Crippen LogP contribution is -2.26. The number of nitrogens with zero attached hydrogens (tertiary/aromatic N) is 2. The van der Waals surface area contributed by atoms with Gasteiger partial charge in [-0.05, 0) is 168 Å². The Labute approximate surface area is 399 Å². The number of fused-ring (bicyclic) bond motifs is 16. The van der Waals surface area contributed by atoms with Crippen LogP contribution in [0.25, 0.3) is 57.7 Å². The van der Waals surface area contributed by atoms with Gasteiger partial charge in [-0.2, -0.15) is 0 Å². The van der Waals surface area contributed by atoms with E-state index in [2.05, 4.69) is 243 Å². The van der Waals surface area contributed by atoms with Gasteiger partial charge >= 0.3 is 0 Å². The lowest BCUT2D eigenvalue weighted by atomic mass is 9.70. The quantitative estimate of drug-likeness (QED) is 0.163. The summed E-state index contributed by atoms with van der Waals surface area (Å²) < 4.78 is 0. The minimum Gasteiger partial charge on any atom is -0.341 e. The van der Waals surface area contributed by atoms with Crippen LogP contribution in [0.5, 0.6) is 0 Å². The van der Waals surface area contributed by atoms with Gasteiger partial charge in [-0.25, -0.2) is 0 Å². The molecule has 0 saturated heterocycles. The van der Waals surface area contributed by atoms with Crippen molar-refractivity contribution in [2.45, 2.75) is 44.4 Å². The highest BCUT2D eigenvalue weighted by Crippen LogP contribution is 2.64. The van der Waals surface area contributed by atoms with E-state index < -0.39 is 5.41 Å². The molecule has 14 rings (SSSR count). The fraction of sp³-hybridized carbons (Fsp3) is 0.121. The van der Waals surface area contributed by atoms with Gasteiger partial charge in [-0.3, -0.25) is 0 Å². The van der Waals surface area contributed by atoms with Gasteiger partial charge in [0.25, 0.3) is 0 Å². The van der Waals surface area contributed by atoms with Crippen LogP contribution in [-0.4, -0.2) is 6.54 Å². The molecule has 68 heavy (non-hydrogen) atoms. The van der Waals surface area contributed by atoms with Crippen molar-refractivity contribution in [3.63, 3.8) is 0 Å². The Morgan fingerprint density at radius 3 is 1.69 bits per heavy atom. The Kier molecular flexibility index (Phi) is 8.39. The highest BCUT2D eigenvalue weighted by molar-refractivity contribution is 5.99. The molecule has 0 radical (unpaired) electrons. The zero-order chi connectivity index (χ0) is 45.3. The number of anilines is 5. The van der Waals surface area contributed by atoms with Crippen LogP contribution in [-0.2, 0) is 17.3 Å². The molecule has 2 heteroatoms. The maximum atomic E-state index is 2.53. The van der Waals surface area contributed by atoms with Crippen LogP contribution in [0.3, 0.4) is 0 Å². The van der Waals surface area contributed by atoms with E-state index >= 15 is 0 Å². The molecular weight excluding hydrogens is 821 g/mol. The molecule has 0 saturated carbocycles. The Balaban J connectivity index is 0.874. The first-order valence-corrected chi connectivity index (χ1v) is 24.4. The number of para-hydroxylation sites is 2. The fourth-order valence-corrected chi connectivity index (χ4v) is 12.8. The van der Waals surface area contributed by atoms with Gasteiger partial charge in [0.05, 0.1) is 16.8 Å². The van der Waals surface area contributed by atoms with Gasteiger partial charge < -0.3 is 9.80 Å². The predicted molar refractivity (Wildman–Crippen MR) is 286 cm³/mol. The molecule has 9 aromatic carbocycles. The lowest BCUT2D eigenvalue weighted by molar-refractivity contribution is 0.659. The third-order valence-electron chi connectivity index (χ3n) is 16.0. The summed E-state index contributed by atoms with van der Waals surface area (Å²) in [5.74, 6) is 0. The molecule has 1 spiro atoms. The number of rotatable bonds is 4. The first kappa shape index (κ1) is 39.2. The van der Waals surface area contributed by atoms with Gasteiger partial charge in [0.1, 0.15) is 0 Å². The normalized spacial score (nSPS) is 15.8. The largest absolute Gasteiger partial charge is 0.341 e. The van der Waals surface area contributed by atoms with Gasteiger partial charge in [0.2, 0.25) is 0 Å². The van der Waals surface area contributed by atoms with E-state index in [1.807, 2.05) is 0 Å². The van der Waals surface area contributed by atoms with Crippen molar-refractivity contribution in [2.24, 2.45) is 0 Å². The molecule has 0 amide bonds. The minimum absolute atomic E-state index is 0.125. The Bertz CT molecular complexity index is 3630. The summed E-state index contributed by atoms with van der Waals surface area (Å²) >= 11 is 0. The highest BCUT2D eigenvalue weighted by atomic mass is 15.2. The van der Waals surface area contributed by atoms with E-state index in [-0.39, 0.29) is 5.41 Å². The Morgan fingerprint density at radius 2 is 0.956 bits per heavy atom. The van der Waals surface area contributed by atoms with Crippen molar-refractivity contribution >= 4 is 52.7 Å². The number of hydrogen-bond acceptors (Lipinski definition) is 2. The second kappa shape index (κ2) is 14.5. The Morgan fingerprint density at radius 1 is 0.426 bits per heavy atom. The predicted octanol–water partition coefficient (Wildman–Crippen LogP) is 16.9. The first-order chi connectivity index (χ1) is 33.4. The topological polar surface area (TPSA) is 6.48 Å². The fourth-order valence-electron chi connectivity index (χ4n) is 12.8. The van der Waals surface area contributed by atoms with E-state index in [9.17, 15) is 0 Å². The van der Waals surface area contributed by atoms with Gasteiger partial charge in [-0.1, -0.05) is 178 Å². The van der Waals surface area contributed by atoms with Crippen LogP contribution in [0.1, 0.15) is 87.0 Å². The summed E-state index contributed by atoms with van der Waals surface area (Å²) in [5, 5.41) is 0. The third-order valence-corrected chi connectivity index (χ3v) is 16.0. The minimum atomic E-state index is -0.491. The average molecular weight is 871 g/mol. The smallest absolute Gasteiger partial charge is 0.0726 e. The zero-order valence-electron chi connectivity index (χ0n) is 38.7. The molecule has 0 unspecified atom stereocenters. The molecule has 0 aromatic heterocycles. The van der Waals surface area contributed by atoms with E-state index in [0.717, 1.165) is 18.7 Å². The molecule has 324 valence electrons. The van der Waals surface area contributed by atoms with E-state index in [0.29, 0.717) is 0 Å².